The summed E-state index contributed by atoms with van der Waals surface area (Å²) in [5.74, 6) is -1.52. The van der Waals surface area contributed by atoms with Gasteiger partial charge in [0, 0.05) is 17.1 Å². The fraction of sp³-hybridized carbons (Fsp3) is 0.389. The zero-order valence-corrected chi connectivity index (χ0v) is 16.8. The highest BCUT2D eigenvalue weighted by Gasteiger charge is 2.58. The maximum atomic E-state index is 13.1. The Morgan fingerprint density at radius 3 is 2.42 bits per heavy atom. The Morgan fingerprint density at radius 2 is 1.88 bits per heavy atom. The summed E-state index contributed by atoms with van der Waals surface area (Å²) in [5.41, 5.74) is -2.46. The van der Waals surface area contributed by atoms with Gasteiger partial charge in [-0.15, -0.1) is 0 Å². The van der Waals surface area contributed by atoms with Crippen LogP contribution in [0.4, 0.5) is 10.5 Å². The number of hydrogen-bond acceptors (Lipinski definition) is 6. The van der Waals surface area contributed by atoms with Gasteiger partial charge in [0.05, 0.1) is 18.4 Å². The van der Waals surface area contributed by atoms with E-state index in [0.29, 0.717) is 15.7 Å². The Labute approximate surface area is 160 Å². The summed E-state index contributed by atoms with van der Waals surface area (Å²) in [5, 5.41) is 0. The van der Waals surface area contributed by atoms with Crippen LogP contribution >= 0.6 is 15.9 Å². The zero-order chi connectivity index (χ0) is 19.9. The molecule has 1 aromatic carbocycles. The van der Waals surface area contributed by atoms with Crippen molar-refractivity contribution in [2.75, 3.05) is 19.1 Å². The van der Waals surface area contributed by atoms with Crippen molar-refractivity contribution in [1.29, 1.82) is 0 Å². The van der Waals surface area contributed by atoms with E-state index in [1.54, 1.807) is 39.0 Å². The summed E-state index contributed by atoms with van der Waals surface area (Å²) in [7, 11) is 2.67. The van der Waals surface area contributed by atoms with Gasteiger partial charge in [-0.2, -0.15) is 0 Å². The van der Waals surface area contributed by atoms with Gasteiger partial charge in [0.15, 0.2) is 0 Å². The topological polar surface area (TPSA) is 82.1 Å². The van der Waals surface area contributed by atoms with Gasteiger partial charge in [-0.25, -0.2) is 9.59 Å². The molecule has 0 bridgehead atoms. The van der Waals surface area contributed by atoms with Gasteiger partial charge in [0.1, 0.15) is 5.60 Å². The second-order valence-corrected chi connectivity index (χ2v) is 7.66. The first-order chi connectivity index (χ1) is 11.9. The highest BCUT2D eigenvalue weighted by Crippen LogP contribution is 2.47. The van der Waals surface area contributed by atoms with E-state index in [0.717, 1.165) is 7.11 Å². The van der Waals surface area contributed by atoms with Crippen LogP contribution in [0.15, 0.2) is 34.8 Å². The van der Waals surface area contributed by atoms with Gasteiger partial charge in [-0.3, -0.25) is 4.79 Å². The molecule has 26 heavy (non-hydrogen) atoms. The summed E-state index contributed by atoms with van der Waals surface area (Å²) in [4.78, 5) is 38.9. The largest absolute Gasteiger partial charge is 0.510 e. The number of carbonyl (C=O) groups excluding carboxylic acids is 3. The number of ether oxygens (including phenoxy) is 3. The fourth-order valence-corrected chi connectivity index (χ4v) is 3.02. The molecule has 2 rings (SSSR count). The summed E-state index contributed by atoms with van der Waals surface area (Å²) in [6.07, 6.45) is -1.10. The number of hydrogen-bond donors (Lipinski definition) is 0. The molecule has 1 aliphatic heterocycles. The van der Waals surface area contributed by atoms with E-state index in [9.17, 15) is 14.4 Å². The molecule has 0 fully saturated rings. The third-order valence-corrected chi connectivity index (χ3v) is 4.28. The molecule has 0 radical (unpaired) electrons. The molecule has 0 aliphatic carbocycles. The van der Waals surface area contributed by atoms with Crippen molar-refractivity contribution in [2.24, 2.45) is 0 Å². The van der Waals surface area contributed by atoms with Crippen LogP contribution in [0, 0.1) is 0 Å². The van der Waals surface area contributed by atoms with Gasteiger partial charge in [-0.1, -0.05) is 22.5 Å². The lowest BCUT2D eigenvalue weighted by atomic mass is 9.87. The predicted molar refractivity (Wildman–Crippen MR) is 97.7 cm³/mol. The van der Waals surface area contributed by atoms with Gasteiger partial charge in [0.25, 0.3) is 11.5 Å². The van der Waals surface area contributed by atoms with E-state index in [1.165, 1.54) is 11.9 Å². The van der Waals surface area contributed by atoms with Crippen LogP contribution in [0.25, 0.3) is 0 Å². The molecule has 1 atom stereocenters. The molecule has 0 N–H and O–H groups in total. The van der Waals surface area contributed by atoms with E-state index in [1.807, 2.05) is 0 Å². The third-order valence-electron chi connectivity index (χ3n) is 3.79. The number of methoxy groups -OCH3 is 1. The number of amides is 1. The number of fused-ring (bicyclic) bond motifs is 1. The number of likely N-dealkylation sites (N-methyl/N-ethyl adjacent to an activating group) is 1. The number of nitrogens with zero attached hydrogens (tertiary/aromatic N) is 1. The average Bonchev–Trinajstić information content (AvgIpc) is 2.74. The number of anilines is 1. The average molecular weight is 426 g/mol. The summed E-state index contributed by atoms with van der Waals surface area (Å²) in [6.45, 7) is 8.64. The lowest BCUT2D eigenvalue weighted by molar-refractivity contribution is -0.146. The molecule has 0 saturated heterocycles. The molecule has 1 aromatic rings. The number of benzene rings is 1. The lowest BCUT2D eigenvalue weighted by Gasteiger charge is -2.30. The van der Waals surface area contributed by atoms with Crippen molar-refractivity contribution in [2.45, 2.75) is 32.0 Å². The second kappa shape index (κ2) is 6.75. The molecule has 8 heteroatoms. The Balaban J connectivity index is 2.65. The molecule has 0 saturated carbocycles. The first-order valence-electron chi connectivity index (χ1n) is 7.72. The van der Waals surface area contributed by atoms with Crippen LogP contribution in [0.1, 0.15) is 26.3 Å². The monoisotopic (exact) mass is 425 g/mol. The molecule has 1 amide bonds. The minimum Gasteiger partial charge on any atom is -0.466 e. The van der Waals surface area contributed by atoms with Crippen LogP contribution in [0.5, 0.6) is 0 Å². The Kier molecular flexibility index (Phi) is 5.19. The van der Waals surface area contributed by atoms with Gasteiger partial charge < -0.3 is 19.1 Å². The fourth-order valence-electron chi connectivity index (χ4n) is 2.66. The van der Waals surface area contributed by atoms with Crippen LogP contribution in [0.3, 0.4) is 0 Å². The van der Waals surface area contributed by atoms with Gasteiger partial charge in [0.2, 0.25) is 0 Å². The predicted octanol–water partition coefficient (Wildman–Crippen LogP) is 3.30. The van der Waals surface area contributed by atoms with Crippen LogP contribution in [-0.4, -0.2) is 37.8 Å². The standard InChI is InChI=1S/C18H20BrNO6/c1-10(14(21)24-6)18(26-16(23)25-17(2,3)4)12-9-11(19)7-8-13(12)20(5)15(18)22/h7-9H,1H2,2-6H3. The second-order valence-electron chi connectivity index (χ2n) is 6.74. The van der Waals surface area contributed by atoms with Gasteiger partial charge in [-0.05, 0) is 39.0 Å². The van der Waals surface area contributed by atoms with E-state index in [4.69, 9.17) is 14.2 Å². The third kappa shape index (κ3) is 3.33. The Bertz CT molecular complexity index is 797. The first kappa shape index (κ1) is 20.0. The van der Waals surface area contributed by atoms with E-state index in [2.05, 4.69) is 22.5 Å². The van der Waals surface area contributed by atoms with E-state index >= 15 is 0 Å². The van der Waals surface area contributed by atoms with Crippen LogP contribution < -0.4 is 4.90 Å². The number of carbonyl (C=O) groups is 3. The van der Waals surface area contributed by atoms with E-state index < -0.39 is 29.2 Å². The maximum absolute atomic E-state index is 13.1. The SMILES string of the molecule is C=C(C(=O)OC)C1(OC(=O)OC(C)(C)C)C(=O)N(C)c2ccc(Br)cc21. The molecular weight excluding hydrogens is 406 g/mol. The van der Waals surface area contributed by atoms with Crippen LogP contribution in [0.2, 0.25) is 0 Å². The zero-order valence-electron chi connectivity index (χ0n) is 15.2. The van der Waals surface area contributed by atoms with Crippen molar-refractivity contribution in [1.82, 2.24) is 0 Å². The quantitative estimate of drug-likeness (QED) is 0.545. The lowest BCUT2D eigenvalue weighted by Crippen LogP contribution is -2.46. The molecule has 1 heterocycles. The highest BCUT2D eigenvalue weighted by molar-refractivity contribution is 9.10. The number of rotatable bonds is 3. The number of halogens is 1. The minimum absolute atomic E-state index is 0.292. The van der Waals surface area contributed by atoms with Crippen molar-refractivity contribution in [3.63, 3.8) is 0 Å². The summed E-state index contributed by atoms with van der Waals surface area (Å²) >= 11 is 3.33. The molecular formula is C18H20BrNO6. The van der Waals surface area contributed by atoms with E-state index in [-0.39, 0.29) is 5.57 Å². The molecule has 1 unspecified atom stereocenters. The number of esters is 1. The van der Waals surface area contributed by atoms with Crippen molar-refractivity contribution < 1.29 is 28.6 Å². The van der Waals surface area contributed by atoms with Gasteiger partial charge >= 0.3 is 12.1 Å². The molecule has 140 valence electrons. The summed E-state index contributed by atoms with van der Waals surface area (Å²) in [6, 6.07) is 4.99. The van der Waals surface area contributed by atoms with Crippen molar-refractivity contribution >= 4 is 39.6 Å². The molecule has 7 nitrogen and oxygen atoms in total. The first-order valence-corrected chi connectivity index (χ1v) is 8.51. The molecule has 0 spiro atoms. The summed E-state index contributed by atoms with van der Waals surface area (Å²) < 4.78 is 16.0. The normalized spacial score (nSPS) is 19.0. The smallest absolute Gasteiger partial charge is 0.466 e. The van der Waals surface area contributed by atoms with Crippen molar-refractivity contribution in [3.05, 3.63) is 40.4 Å². The molecule has 1 aliphatic rings. The Hall–Kier alpha value is -2.35. The minimum atomic E-state index is -2.07. The van der Waals surface area contributed by atoms with Crippen molar-refractivity contribution in [3.8, 4) is 0 Å². The highest BCUT2D eigenvalue weighted by atomic mass is 79.9. The molecule has 0 aromatic heterocycles. The van der Waals surface area contributed by atoms with Crippen LogP contribution in [-0.2, 0) is 29.4 Å². The maximum Gasteiger partial charge on any atom is 0.510 e. The Morgan fingerprint density at radius 1 is 1.27 bits per heavy atom.